The Balaban J connectivity index is 1.68. The molecule has 4 rings (SSSR count). The van der Waals surface area contributed by atoms with Gasteiger partial charge in [0.2, 0.25) is 0 Å². The maximum atomic E-state index is 14.9. The van der Waals surface area contributed by atoms with Gasteiger partial charge in [-0.1, -0.05) is 11.6 Å². The summed E-state index contributed by atoms with van der Waals surface area (Å²) >= 11 is 5.92. The summed E-state index contributed by atoms with van der Waals surface area (Å²) in [6.07, 6.45) is 2.89. The van der Waals surface area contributed by atoms with Gasteiger partial charge in [0.25, 0.3) is 0 Å². The van der Waals surface area contributed by atoms with Gasteiger partial charge in [-0.2, -0.15) is 0 Å². The Morgan fingerprint density at radius 1 is 1.06 bits per heavy atom. The van der Waals surface area contributed by atoms with Crippen molar-refractivity contribution in [2.75, 3.05) is 0 Å². The number of halogens is 3. The highest BCUT2D eigenvalue weighted by atomic mass is 35.5. The summed E-state index contributed by atoms with van der Waals surface area (Å²) in [4.78, 5) is 0.0440. The van der Waals surface area contributed by atoms with Crippen LogP contribution in [0.3, 0.4) is 0 Å². The lowest BCUT2D eigenvalue weighted by Gasteiger charge is -2.40. The molecule has 0 atom stereocenters. The van der Waals surface area contributed by atoms with Crippen LogP contribution < -0.4 is 5.32 Å². The second-order valence-corrected chi connectivity index (χ2v) is 10.5. The number of rotatable bonds is 6. The summed E-state index contributed by atoms with van der Waals surface area (Å²) in [6.45, 7) is 0.517. The predicted octanol–water partition coefficient (Wildman–Crippen LogP) is 5.61. The Kier molecular flexibility index (Phi) is 6.19. The van der Waals surface area contributed by atoms with Crippen molar-refractivity contribution >= 4 is 21.4 Å². The highest BCUT2D eigenvalue weighted by Gasteiger charge is 2.50. The monoisotopic (exact) mass is 465 g/mol. The average Bonchev–Trinajstić information content (AvgIpc) is 3.28. The fraction of sp³-hybridized carbons (Fsp3) is 0.304. The van der Waals surface area contributed by atoms with Crippen molar-refractivity contribution in [2.24, 2.45) is 0 Å². The van der Waals surface area contributed by atoms with Crippen LogP contribution in [0.25, 0.3) is 0 Å². The van der Waals surface area contributed by atoms with E-state index >= 15 is 0 Å². The molecule has 1 aromatic heterocycles. The zero-order chi connectivity index (χ0) is 22.1. The van der Waals surface area contributed by atoms with E-state index in [-0.39, 0.29) is 29.3 Å². The predicted molar refractivity (Wildman–Crippen MR) is 114 cm³/mol. The van der Waals surface area contributed by atoms with E-state index in [1.165, 1.54) is 24.3 Å². The van der Waals surface area contributed by atoms with E-state index in [1.54, 1.807) is 12.3 Å². The number of hydrogen-bond donors (Lipinski definition) is 1. The minimum atomic E-state index is -4.03. The second kappa shape index (κ2) is 8.73. The Morgan fingerprint density at radius 3 is 2.42 bits per heavy atom. The summed E-state index contributed by atoms with van der Waals surface area (Å²) in [5.74, 6) is -0.608. The van der Waals surface area contributed by atoms with Gasteiger partial charge in [-0.25, -0.2) is 17.2 Å². The second-order valence-electron chi connectivity index (χ2n) is 7.81. The smallest absolute Gasteiger partial charge is 0.188 e. The van der Waals surface area contributed by atoms with E-state index < -0.39 is 26.2 Å². The molecule has 1 aliphatic carbocycles. The lowest BCUT2D eigenvalue weighted by atomic mass is 9.80. The maximum absolute atomic E-state index is 14.9. The van der Waals surface area contributed by atoms with Crippen LogP contribution in [0.2, 0.25) is 5.02 Å². The van der Waals surface area contributed by atoms with Gasteiger partial charge in [0, 0.05) is 16.6 Å². The third-order valence-corrected chi connectivity index (χ3v) is 8.80. The number of nitrogens with one attached hydrogen (secondary N) is 1. The summed E-state index contributed by atoms with van der Waals surface area (Å²) in [5, 5.41) is 3.76. The van der Waals surface area contributed by atoms with Gasteiger partial charge in [0.05, 0.1) is 17.7 Å². The van der Waals surface area contributed by atoms with Crippen LogP contribution in [0.5, 0.6) is 0 Å². The highest BCUT2D eigenvalue weighted by Crippen LogP contribution is 2.48. The van der Waals surface area contributed by atoms with Gasteiger partial charge in [-0.05, 0) is 80.3 Å². The fourth-order valence-electron chi connectivity index (χ4n) is 4.32. The van der Waals surface area contributed by atoms with Gasteiger partial charge in [0.1, 0.15) is 22.1 Å². The molecule has 0 unspecified atom stereocenters. The summed E-state index contributed by atoms with van der Waals surface area (Å²) < 4.78 is 60.2. The molecular formula is C23H22ClF2NO3S. The van der Waals surface area contributed by atoms with Crippen LogP contribution in [0, 0.1) is 11.6 Å². The molecule has 8 heteroatoms. The first-order valence-corrected chi connectivity index (χ1v) is 11.9. The van der Waals surface area contributed by atoms with Crippen molar-refractivity contribution in [3.8, 4) is 0 Å². The maximum Gasteiger partial charge on any atom is 0.188 e. The molecule has 1 fully saturated rings. The molecule has 1 saturated carbocycles. The molecule has 0 aliphatic heterocycles. The standard InChI is InChI=1S/C23H22ClF2NO3S/c24-16-3-6-20(7-4-16)31(28,29)23(21-14-17(25)5-8-22(21)26)11-9-18(10-12-23)27-15-19-2-1-13-30-19/h1-8,13-14,18,27H,9-12,15H2. The van der Waals surface area contributed by atoms with Crippen LogP contribution in [-0.2, 0) is 21.1 Å². The van der Waals surface area contributed by atoms with Gasteiger partial charge in [0.15, 0.2) is 9.84 Å². The first kappa shape index (κ1) is 22.0. The van der Waals surface area contributed by atoms with Gasteiger partial charge >= 0.3 is 0 Å². The molecule has 2 aromatic carbocycles. The zero-order valence-electron chi connectivity index (χ0n) is 16.7. The Bertz CT molecular complexity index is 1140. The van der Waals surface area contributed by atoms with E-state index in [1.807, 2.05) is 6.07 Å². The molecule has 3 aromatic rings. The molecule has 31 heavy (non-hydrogen) atoms. The summed E-state index contributed by atoms with van der Waals surface area (Å²) in [6, 6.07) is 12.5. The van der Waals surface area contributed by atoms with E-state index in [9.17, 15) is 17.2 Å². The molecule has 1 N–H and O–H groups in total. The topological polar surface area (TPSA) is 59.3 Å². The van der Waals surface area contributed by atoms with Crippen molar-refractivity contribution in [1.82, 2.24) is 5.32 Å². The van der Waals surface area contributed by atoms with Crippen molar-refractivity contribution in [2.45, 2.75) is 47.9 Å². The highest BCUT2D eigenvalue weighted by molar-refractivity contribution is 7.92. The lowest BCUT2D eigenvalue weighted by molar-refractivity contribution is 0.295. The normalized spacial score (nSPS) is 21.8. The molecule has 1 heterocycles. The largest absolute Gasteiger partial charge is 0.468 e. The Hall–Kier alpha value is -2.22. The fourth-order valence-corrected chi connectivity index (χ4v) is 6.61. The van der Waals surface area contributed by atoms with E-state index in [4.69, 9.17) is 16.0 Å². The van der Waals surface area contributed by atoms with Crippen LogP contribution in [0.4, 0.5) is 8.78 Å². The summed E-state index contributed by atoms with van der Waals surface area (Å²) in [5.41, 5.74) is -0.119. The van der Waals surface area contributed by atoms with Gasteiger partial charge < -0.3 is 9.73 Å². The number of hydrogen-bond acceptors (Lipinski definition) is 4. The third kappa shape index (κ3) is 4.27. The average molecular weight is 466 g/mol. The SMILES string of the molecule is O=S(=O)(c1ccc(Cl)cc1)C1(c2cc(F)ccc2F)CCC(NCc2ccco2)CC1. The summed E-state index contributed by atoms with van der Waals surface area (Å²) in [7, 11) is -4.03. The number of sulfone groups is 1. The van der Waals surface area contributed by atoms with Crippen molar-refractivity contribution in [3.05, 3.63) is 88.8 Å². The van der Waals surface area contributed by atoms with Crippen molar-refractivity contribution in [3.63, 3.8) is 0 Å². The quantitative estimate of drug-likeness (QED) is 0.513. The minimum absolute atomic E-state index is 0.0373. The molecule has 164 valence electrons. The van der Waals surface area contributed by atoms with E-state index in [0.29, 0.717) is 24.4 Å². The van der Waals surface area contributed by atoms with Crippen molar-refractivity contribution < 1.29 is 21.6 Å². The first-order valence-electron chi connectivity index (χ1n) is 10.0. The molecule has 1 aliphatic rings. The zero-order valence-corrected chi connectivity index (χ0v) is 18.2. The molecule has 0 radical (unpaired) electrons. The molecular weight excluding hydrogens is 444 g/mol. The number of furan rings is 1. The van der Waals surface area contributed by atoms with Crippen LogP contribution >= 0.6 is 11.6 Å². The van der Waals surface area contributed by atoms with Crippen LogP contribution in [0.1, 0.15) is 37.0 Å². The molecule has 0 bridgehead atoms. The molecule has 0 spiro atoms. The Labute approximate surface area is 185 Å². The number of benzene rings is 2. The van der Waals surface area contributed by atoms with E-state index in [0.717, 1.165) is 24.0 Å². The molecule has 0 amide bonds. The van der Waals surface area contributed by atoms with Crippen LogP contribution in [0.15, 0.2) is 70.2 Å². The minimum Gasteiger partial charge on any atom is -0.468 e. The molecule has 0 saturated heterocycles. The molecule has 4 nitrogen and oxygen atoms in total. The van der Waals surface area contributed by atoms with Gasteiger partial charge in [-0.15, -0.1) is 0 Å². The van der Waals surface area contributed by atoms with Crippen molar-refractivity contribution in [1.29, 1.82) is 0 Å². The first-order chi connectivity index (χ1) is 14.8. The Morgan fingerprint density at radius 2 is 1.77 bits per heavy atom. The third-order valence-electron chi connectivity index (χ3n) is 6.00. The van der Waals surface area contributed by atoms with E-state index in [2.05, 4.69) is 5.32 Å². The van der Waals surface area contributed by atoms with Gasteiger partial charge in [-0.3, -0.25) is 0 Å². The van der Waals surface area contributed by atoms with Crippen LogP contribution in [-0.4, -0.2) is 14.5 Å². The lowest BCUT2D eigenvalue weighted by Crippen LogP contribution is -2.44.